The summed E-state index contributed by atoms with van der Waals surface area (Å²) in [6, 6.07) is 8.69. The van der Waals surface area contributed by atoms with Gasteiger partial charge in [-0.1, -0.05) is 19.1 Å². The highest BCUT2D eigenvalue weighted by molar-refractivity contribution is 14.0. The lowest BCUT2D eigenvalue weighted by Crippen LogP contribution is -2.47. The fourth-order valence-electron chi connectivity index (χ4n) is 3.30. The van der Waals surface area contributed by atoms with E-state index in [1.165, 1.54) is 0 Å². The Labute approximate surface area is 187 Å². The van der Waals surface area contributed by atoms with Gasteiger partial charge < -0.3 is 20.1 Å². The van der Waals surface area contributed by atoms with Crippen molar-refractivity contribution in [1.82, 2.24) is 15.5 Å². The number of nitrogens with one attached hydrogen (secondary N) is 2. The fraction of sp³-hybridized carbons (Fsp3) is 0.667. The SMILES string of the molecule is CCNC(=NCC(C)Oc1ccccc1OC)NC1CN(C(C)C)CC1C.I. The van der Waals surface area contributed by atoms with Crippen molar-refractivity contribution in [2.75, 3.05) is 33.3 Å². The first-order chi connectivity index (χ1) is 12.9. The van der Waals surface area contributed by atoms with Crippen molar-refractivity contribution in [1.29, 1.82) is 0 Å². The topological polar surface area (TPSA) is 58.1 Å². The minimum atomic E-state index is -0.0510. The summed E-state index contributed by atoms with van der Waals surface area (Å²) < 4.78 is 11.4. The first-order valence-electron chi connectivity index (χ1n) is 10.0. The average molecular weight is 504 g/mol. The molecule has 2 rings (SSSR count). The van der Waals surface area contributed by atoms with Gasteiger partial charge in [-0.3, -0.25) is 4.90 Å². The molecule has 3 atom stereocenters. The summed E-state index contributed by atoms with van der Waals surface area (Å²) >= 11 is 0. The summed E-state index contributed by atoms with van der Waals surface area (Å²) in [7, 11) is 1.65. The summed E-state index contributed by atoms with van der Waals surface area (Å²) in [5.74, 6) is 2.94. The molecule has 1 fully saturated rings. The molecule has 1 heterocycles. The van der Waals surface area contributed by atoms with Gasteiger partial charge in [-0.15, -0.1) is 24.0 Å². The minimum Gasteiger partial charge on any atom is -0.493 e. The van der Waals surface area contributed by atoms with E-state index in [1.54, 1.807) is 7.11 Å². The van der Waals surface area contributed by atoms with Gasteiger partial charge in [0.1, 0.15) is 6.10 Å². The van der Waals surface area contributed by atoms with E-state index in [0.29, 0.717) is 24.5 Å². The number of para-hydroxylation sites is 2. The molecular weight excluding hydrogens is 467 g/mol. The van der Waals surface area contributed by atoms with Crippen LogP contribution in [0.15, 0.2) is 29.3 Å². The van der Waals surface area contributed by atoms with Crippen molar-refractivity contribution >= 4 is 29.9 Å². The molecule has 160 valence electrons. The van der Waals surface area contributed by atoms with Gasteiger partial charge in [-0.05, 0) is 45.7 Å². The second-order valence-corrected chi connectivity index (χ2v) is 7.57. The van der Waals surface area contributed by atoms with Crippen LogP contribution in [0.4, 0.5) is 0 Å². The molecule has 0 bridgehead atoms. The van der Waals surface area contributed by atoms with Crippen molar-refractivity contribution in [2.24, 2.45) is 10.9 Å². The first-order valence-corrected chi connectivity index (χ1v) is 10.0. The van der Waals surface area contributed by atoms with Crippen LogP contribution in [-0.4, -0.2) is 62.3 Å². The molecule has 0 aromatic heterocycles. The highest BCUT2D eigenvalue weighted by atomic mass is 127. The number of halogens is 1. The van der Waals surface area contributed by atoms with Crippen LogP contribution in [0.25, 0.3) is 0 Å². The standard InChI is InChI=1S/C21H36N4O2.HI/c1-7-22-21(24-18-14-25(15(2)3)13-16(18)4)23-12-17(5)27-20-11-9-8-10-19(20)26-6;/h8-11,15-18H,7,12-14H2,1-6H3,(H2,22,23,24);1H. The first kappa shape index (κ1) is 24.8. The van der Waals surface area contributed by atoms with Gasteiger partial charge in [0.2, 0.25) is 0 Å². The molecule has 2 N–H and O–H groups in total. The number of guanidine groups is 1. The molecule has 0 amide bonds. The third-order valence-corrected chi connectivity index (χ3v) is 4.94. The Morgan fingerprint density at radius 1 is 1.21 bits per heavy atom. The number of nitrogens with zero attached hydrogens (tertiary/aromatic N) is 2. The van der Waals surface area contributed by atoms with Gasteiger partial charge in [0.05, 0.1) is 13.7 Å². The van der Waals surface area contributed by atoms with Gasteiger partial charge in [0, 0.05) is 31.7 Å². The smallest absolute Gasteiger partial charge is 0.191 e. The molecule has 7 heteroatoms. The third kappa shape index (κ3) is 7.31. The number of methoxy groups -OCH3 is 1. The predicted octanol–water partition coefficient (Wildman–Crippen LogP) is 3.36. The van der Waals surface area contributed by atoms with E-state index in [0.717, 1.165) is 37.1 Å². The van der Waals surface area contributed by atoms with Crippen LogP contribution in [0.5, 0.6) is 11.5 Å². The maximum atomic E-state index is 6.01. The molecule has 1 aliphatic rings. The number of hydrogen-bond donors (Lipinski definition) is 2. The number of benzene rings is 1. The number of likely N-dealkylation sites (tertiary alicyclic amines) is 1. The van der Waals surface area contributed by atoms with E-state index in [-0.39, 0.29) is 30.1 Å². The largest absolute Gasteiger partial charge is 0.493 e. The average Bonchev–Trinajstić information content (AvgIpc) is 3.01. The predicted molar refractivity (Wildman–Crippen MR) is 127 cm³/mol. The molecule has 1 aromatic carbocycles. The number of ether oxygens (including phenoxy) is 2. The lowest BCUT2D eigenvalue weighted by atomic mass is 10.1. The van der Waals surface area contributed by atoms with Gasteiger partial charge >= 0.3 is 0 Å². The van der Waals surface area contributed by atoms with E-state index in [1.807, 2.05) is 31.2 Å². The highest BCUT2D eigenvalue weighted by Gasteiger charge is 2.31. The Morgan fingerprint density at radius 2 is 1.89 bits per heavy atom. The summed E-state index contributed by atoms with van der Waals surface area (Å²) in [6.45, 7) is 14.5. The van der Waals surface area contributed by atoms with Gasteiger partial charge in [0.25, 0.3) is 0 Å². The van der Waals surface area contributed by atoms with Crippen LogP contribution >= 0.6 is 24.0 Å². The van der Waals surface area contributed by atoms with Gasteiger partial charge in [-0.2, -0.15) is 0 Å². The van der Waals surface area contributed by atoms with E-state index in [9.17, 15) is 0 Å². The Balaban J connectivity index is 0.00000392. The summed E-state index contributed by atoms with van der Waals surface area (Å²) in [5, 5.41) is 6.97. The number of rotatable bonds is 8. The van der Waals surface area contributed by atoms with Crippen LogP contribution in [-0.2, 0) is 0 Å². The fourth-order valence-corrected chi connectivity index (χ4v) is 3.30. The van der Waals surface area contributed by atoms with Crippen molar-refractivity contribution < 1.29 is 9.47 Å². The molecule has 1 aliphatic heterocycles. The van der Waals surface area contributed by atoms with Crippen LogP contribution in [0.2, 0.25) is 0 Å². The molecular formula is C21H37IN4O2. The Hall–Kier alpha value is -1.22. The lowest BCUT2D eigenvalue weighted by molar-refractivity contribution is 0.219. The normalized spacial score (nSPS) is 21.2. The van der Waals surface area contributed by atoms with Crippen LogP contribution < -0.4 is 20.1 Å². The molecule has 0 radical (unpaired) electrons. The van der Waals surface area contributed by atoms with Crippen LogP contribution in [0.1, 0.15) is 34.6 Å². The van der Waals surface area contributed by atoms with Crippen molar-refractivity contribution in [3.8, 4) is 11.5 Å². The lowest BCUT2D eigenvalue weighted by Gasteiger charge is -2.22. The Bertz CT molecular complexity index is 612. The molecule has 0 aliphatic carbocycles. The Kier molecular flexibility index (Phi) is 11.0. The zero-order valence-corrected chi connectivity index (χ0v) is 20.4. The molecule has 6 nitrogen and oxygen atoms in total. The van der Waals surface area contributed by atoms with Gasteiger partial charge in [0.15, 0.2) is 17.5 Å². The maximum absolute atomic E-state index is 6.01. The number of hydrogen-bond acceptors (Lipinski definition) is 4. The second-order valence-electron chi connectivity index (χ2n) is 7.57. The second kappa shape index (κ2) is 12.4. The molecule has 3 unspecified atom stereocenters. The van der Waals surface area contributed by atoms with E-state index >= 15 is 0 Å². The zero-order valence-electron chi connectivity index (χ0n) is 18.1. The minimum absolute atomic E-state index is 0. The zero-order chi connectivity index (χ0) is 19.8. The highest BCUT2D eigenvalue weighted by Crippen LogP contribution is 2.26. The third-order valence-electron chi connectivity index (χ3n) is 4.94. The molecule has 1 aromatic rings. The van der Waals surface area contributed by atoms with Crippen LogP contribution in [0, 0.1) is 5.92 Å². The monoisotopic (exact) mass is 504 g/mol. The summed E-state index contributed by atoms with van der Waals surface area (Å²) in [5.41, 5.74) is 0. The van der Waals surface area contributed by atoms with Crippen molar-refractivity contribution in [2.45, 2.75) is 52.8 Å². The summed E-state index contributed by atoms with van der Waals surface area (Å²) in [6.07, 6.45) is -0.0510. The Morgan fingerprint density at radius 3 is 2.46 bits per heavy atom. The van der Waals surface area contributed by atoms with E-state index < -0.39 is 0 Å². The van der Waals surface area contributed by atoms with Gasteiger partial charge in [-0.25, -0.2) is 4.99 Å². The van der Waals surface area contributed by atoms with Crippen LogP contribution in [0.3, 0.4) is 0 Å². The quantitative estimate of drug-likeness (QED) is 0.323. The molecule has 28 heavy (non-hydrogen) atoms. The van der Waals surface area contributed by atoms with Crippen molar-refractivity contribution in [3.63, 3.8) is 0 Å². The van der Waals surface area contributed by atoms with E-state index in [4.69, 9.17) is 14.5 Å². The molecule has 0 saturated carbocycles. The summed E-state index contributed by atoms with van der Waals surface area (Å²) in [4.78, 5) is 7.26. The molecule has 0 spiro atoms. The molecule has 1 saturated heterocycles. The van der Waals surface area contributed by atoms with Crippen molar-refractivity contribution in [3.05, 3.63) is 24.3 Å². The van der Waals surface area contributed by atoms with E-state index in [2.05, 4.69) is 43.2 Å². The number of aliphatic imine (C=N–C) groups is 1. The maximum Gasteiger partial charge on any atom is 0.191 e.